The summed E-state index contributed by atoms with van der Waals surface area (Å²) in [5.41, 5.74) is 2.92. The molecule has 2 aromatic rings. The maximum Gasteiger partial charge on any atom is 0.248 e. The minimum absolute atomic E-state index is 0.168. The molecule has 0 saturated carbocycles. The summed E-state index contributed by atoms with van der Waals surface area (Å²) >= 11 is 0. The fraction of sp³-hybridized carbons (Fsp3) is 0.375. The Labute approximate surface area is 124 Å². The number of hydrogen-bond acceptors (Lipinski definition) is 4. The van der Waals surface area contributed by atoms with Crippen molar-refractivity contribution < 1.29 is 9.32 Å². The van der Waals surface area contributed by atoms with E-state index in [0.29, 0.717) is 11.8 Å². The van der Waals surface area contributed by atoms with Crippen LogP contribution < -0.4 is 10.6 Å². The molecule has 0 aliphatic rings. The minimum atomic E-state index is -0.375. The molecule has 0 spiro atoms. The van der Waals surface area contributed by atoms with E-state index < -0.39 is 0 Å². The lowest BCUT2D eigenvalue weighted by Gasteiger charge is -2.15. The molecule has 0 fully saturated rings. The fourth-order valence-corrected chi connectivity index (χ4v) is 1.93. The van der Waals surface area contributed by atoms with Gasteiger partial charge in [0, 0.05) is 11.8 Å². The Kier molecular flexibility index (Phi) is 4.62. The van der Waals surface area contributed by atoms with Crippen LogP contribution in [0.25, 0.3) is 0 Å². The number of hydrogen-bond donors (Lipinski definition) is 2. The first kappa shape index (κ1) is 15.1. The zero-order chi connectivity index (χ0) is 15.4. The smallest absolute Gasteiger partial charge is 0.248 e. The highest BCUT2D eigenvalue weighted by Gasteiger charge is 2.14. The lowest BCUT2D eigenvalue weighted by atomic mass is 10.0. The predicted octanol–water partition coefficient (Wildman–Crippen LogP) is 3.55. The van der Waals surface area contributed by atoms with Crippen molar-refractivity contribution in [2.24, 2.45) is 0 Å². The van der Waals surface area contributed by atoms with Gasteiger partial charge in [-0.3, -0.25) is 10.1 Å². The lowest BCUT2D eigenvalue weighted by Crippen LogP contribution is -2.31. The molecule has 5 heteroatoms. The van der Waals surface area contributed by atoms with Gasteiger partial charge in [0.1, 0.15) is 6.04 Å². The van der Waals surface area contributed by atoms with Crippen LogP contribution in [-0.2, 0) is 4.79 Å². The summed E-state index contributed by atoms with van der Waals surface area (Å²) in [7, 11) is 0. The number of nitrogens with zero attached hydrogens (tertiary/aromatic N) is 1. The zero-order valence-corrected chi connectivity index (χ0v) is 12.8. The molecule has 1 amide bonds. The quantitative estimate of drug-likeness (QED) is 0.882. The second-order valence-electron chi connectivity index (χ2n) is 5.46. The summed E-state index contributed by atoms with van der Waals surface area (Å²) < 4.78 is 4.97. The standard InChI is InChI=1S/C16H21N3O2/c1-10(2)13-5-7-14(8-6-13)17-12(4)16(20)18-15-9-11(3)19-21-15/h5-10,12,17H,1-4H3,(H,18,20). The molecule has 0 aliphatic heterocycles. The van der Waals surface area contributed by atoms with Gasteiger partial charge in [0.25, 0.3) is 0 Å². The number of aromatic nitrogens is 1. The monoisotopic (exact) mass is 287 g/mol. The second-order valence-corrected chi connectivity index (χ2v) is 5.46. The Bertz CT molecular complexity index is 602. The highest BCUT2D eigenvalue weighted by Crippen LogP contribution is 2.18. The number of carbonyl (C=O) groups excluding carboxylic acids is 1. The molecule has 1 atom stereocenters. The summed E-state index contributed by atoms with van der Waals surface area (Å²) in [4.78, 5) is 12.0. The van der Waals surface area contributed by atoms with E-state index in [-0.39, 0.29) is 11.9 Å². The molecule has 0 radical (unpaired) electrons. The van der Waals surface area contributed by atoms with E-state index in [1.807, 2.05) is 12.1 Å². The van der Waals surface area contributed by atoms with E-state index in [1.54, 1.807) is 19.9 Å². The van der Waals surface area contributed by atoms with Gasteiger partial charge < -0.3 is 9.84 Å². The first-order valence-corrected chi connectivity index (χ1v) is 7.06. The maximum absolute atomic E-state index is 12.0. The molecule has 0 bridgehead atoms. The Morgan fingerprint density at radius 3 is 2.38 bits per heavy atom. The molecule has 5 nitrogen and oxygen atoms in total. The molecule has 0 saturated heterocycles. The van der Waals surface area contributed by atoms with Crippen LogP contribution in [0.15, 0.2) is 34.9 Å². The molecule has 112 valence electrons. The van der Waals surface area contributed by atoms with E-state index >= 15 is 0 Å². The number of rotatable bonds is 5. The first-order valence-electron chi connectivity index (χ1n) is 7.06. The van der Waals surface area contributed by atoms with E-state index in [9.17, 15) is 4.79 Å². The van der Waals surface area contributed by atoms with Crippen molar-refractivity contribution in [1.82, 2.24) is 5.16 Å². The Morgan fingerprint density at radius 2 is 1.86 bits per heavy atom. The van der Waals surface area contributed by atoms with Crippen LogP contribution in [-0.4, -0.2) is 17.1 Å². The number of nitrogens with one attached hydrogen (secondary N) is 2. The molecule has 1 unspecified atom stereocenters. The van der Waals surface area contributed by atoms with Gasteiger partial charge in [-0.25, -0.2) is 0 Å². The van der Waals surface area contributed by atoms with Gasteiger partial charge >= 0.3 is 0 Å². The number of aryl methyl sites for hydroxylation is 1. The van der Waals surface area contributed by atoms with Crippen LogP contribution >= 0.6 is 0 Å². The van der Waals surface area contributed by atoms with Crippen molar-refractivity contribution in [2.75, 3.05) is 10.6 Å². The summed E-state index contributed by atoms with van der Waals surface area (Å²) in [6.07, 6.45) is 0. The molecule has 1 aromatic heterocycles. The predicted molar refractivity (Wildman–Crippen MR) is 83.5 cm³/mol. The van der Waals surface area contributed by atoms with E-state index in [4.69, 9.17) is 4.52 Å². The average Bonchev–Trinajstić information content (AvgIpc) is 2.84. The molecule has 1 heterocycles. The van der Waals surface area contributed by atoms with Gasteiger partial charge in [-0.05, 0) is 37.5 Å². The van der Waals surface area contributed by atoms with Crippen molar-refractivity contribution in [3.05, 3.63) is 41.6 Å². The number of benzene rings is 1. The Morgan fingerprint density at radius 1 is 1.19 bits per heavy atom. The largest absolute Gasteiger partial charge is 0.374 e. The number of anilines is 2. The Hall–Kier alpha value is -2.30. The molecule has 2 N–H and O–H groups in total. The van der Waals surface area contributed by atoms with Gasteiger partial charge in [0.2, 0.25) is 11.8 Å². The van der Waals surface area contributed by atoms with Gasteiger partial charge in [0.15, 0.2) is 0 Å². The highest BCUT2D eigenvalue weighted by molar-refractivity contribution is 5.95. The van der Waals surface area contributed by atoms with Crippen LogP contribution in [0.2, 0.25) is 0 Å². The summed E-state index contributed by atoms with van der Waals surface area (Å²) in [6.45, 7) is 7.90. The lowest BCUT2D eigenvalue weighted by molar-refractivity contribution is -0.116. The maximum atomic E-state index is 12.0. The van der Waals surface area contributed by atoms with Crippen LogP contribution in [0.3, 0.4) is 0 Å². The van der Waals surface area contributed by atoms with Gasteiger partial charge in [-0.1, -0.05) is 31.1 Å². The fourth-order valence-electron chi connectivity index (χ4n) is 1.93. The van der Waals surface area contributed by atoms with Gasteiger partial charge in [0.05, 0.1) is 5.69 Å². The third-order valence-corrected chi connectivity index (χ3v) is 3.23. The van der Waals surface area contributed by atoms with Crippen molar-refractivity contribution in [2.45, 2.75) is 39.7 Å². The Balaban J connectivity index is 1.93. The second kappa shape index (κ2) is 6.43. The molecule has 0 aliphatic carbocycles. The normalized spacial score (nSPS) is 12.2. The van der Waals surface area contributed by atoms with Crippen LogP contribution in [0.4, 0.5) is 11.6 Å². The van der Waals surface area contributed by atoms with E-state index in [0.717, 1.165) is 11.4 Å². The highest BCUT2D eigenvalue weighted by atomic mass is 16.5. The first-order chi connectivity index (χ1) is 9.95. The van der Waals surface area contributed by atoms with Crippen molar-refractivity contribution in [3.8, 4) is 0 Å². The molecular weight excluding hydrogens is 266 g/mol. The third kappa shape index (κ3) is 4.08. The van der Waals surface area contributed by atoms with Gasteiger partial charge in [-0.15, -0.1) is 0 Å². The number of amides is 1. The van der Waals surface area contributed by atoms with Crippen LogP contribution in [0.1, 0.15) is 37.9 Å². The van der Waals surface area contributed by atoms with Crippen LogP contribution in [0.5, 0.6) is 0 Å². The molecule has 21 heavy (non-hydrogen) atoms. The number of carbonyl (C=O) groups is 1. The summed E-state index contributed by atoms with van der Waals surface area (Å²) in [5.74, 6) is 0.690. The SMILES string of the molecule is Cc1cc(NC(=O)C(C)Nc2ccc(C(C)C)cc2)on1. The third-order valence-electron chi connectivity index (χ3n) is 3.23. The molecular formula is C16H21N3O2. The topological polar surface area (TPSA) is 67.2 Å². The van der Waals surface area contributed by atoms with E-state index in [2.05, 4.69) is 41.8 Å². The minimum Gasteiger partial charge on any atom is -0.374 e. The molecule has 1 aromatic carbocycles. The van der Waals surface area contributed by atoms with Crippen molar-refractivity contribution in [3.63, 3.8) is 0 Å². The zero-order valence-electron chi connectivity index (χ0n) is 12.8. The van der Waals surface area contributed by atoms with Gasteiger partial charge in [-0.2, -0.15) is 0 Å². The summed E-state index contributed by atoms with van der Waals surface area (Å²) in [6, 6.07) is 9.41. The summed E-state index contributed by atoms with van der Waals surface area (Å²) in [5, 5.41) is 9.57. The average molecular weight is 287 g/mol. The van der Waals surface area contributed by atoms with Crippen molar-refractivity contribution >= 4 is 17.5 Å². The van der Waals surface area contributed by atoms with E-state index in [1.165, 1.54) is 5.56 Å². The molecule has 2 rings (SSSR count). The van der Waals surface area contributed by atoms with Crippen LogP contribution in [0, 0.1) is 6.92 Å². The van der Waals surface area contributed by atoms with Crippen molar-refractivity contribution in [1.29, 1.82) is 0 Å².